The maximum Gasteiger partial charge on any atom is 0.309 e. The Bertz CT molecular complexity index is 980. The van der Waals surface area contributed by atoms with Gasteiger partial charge in [0.05, 0.1) is 28.0 Å². The molecule has 156 valence electrons. The molecule has 1 heterocycles. The second kappa shape index (κ2) is 9.34. The molecule has 0 unspecified atom stereocenters. The summed E-state index contributed by atoms with van der Waals surface area (Å²) < 4.78 is 32.0. The van der Waals surface area contributed by atoms with E-state index in [1.54, 1.807) is 36.4 Å². The summed E-state index contributed by atoms with van der Waals surface area (Å²) in [5, 5.41) is 4.21. The molecule has 0 spiro atoms. The van der Waals surface area contributed by atoms with E-state index < -0.39 is 15.9 Å². The number of anilines is 1. The van der Waals surface area contributed by atoms with Crippen LogP contribution < -0.4 is 5.32 Å². The van der Waals surface area contributed by atoms with Crippen molar-refractivity contribution in [2.24, 2.45) is 5.92 Å². The number of sulfonamides is 1. The molecule has 1 atom stereocenters. The van der Waals surface area contributed by atoms with E-state index in [0.717, 1.165) is 11.3 Å². The van der Waals surface area contributed by atoms with Gasteiger partial charge in [-0.25, -0.2) is 8.42 Å². The Morgan fingerprint density at radius 2 is 1.90 bits per heavy atom. The summed E-state index contributed by atoms with van der Waals surface area (Å²) in [6.45, 7) is 1.06. The Labute approximate surface area is 180 Å². The van der Waals surface area contributed by atoms with Crippen LogP contribution in [-0.2, 0) is 26.1 Å². The molecular weight excluding hydrogens is 435 g/mol. The number of methoxy groups -OCH3 is 1. The molecule has 0 bridgehead atoms. The smallest absolute Gasteiger partial charge is 0.309 e. The Hall–Kier alpha value is -1.80. The van der Waals surface area contributed by atoms with E-state index in [-0.39, 0.29) is 17.4 Å². The maximum atomic E-state index is 12.9. The van der Waals surface area contributed by atoms with Crippen LogP contribution in [0.25, 0.3) is 0 Å². The predicted molar refractivity (Wildman–Crippen MR) is 114 cm³/mol. The second-order valence-corrected chi connectivity index (χ2v) is 9.60. The van der Waals surface area contributed by atoms with E-state index in [1.165, 1.54) is 11.4 Å². The number of piperidine rings is 1. The van der Waals surface area contributed by atoms with Crippen LogP contribution in [0.3, 0.4) is 0 Å². The number of hydrogen-bond donors (Lipinski definition) is 1. The Morgan fingerprint density at radius 3 is 2.55 bits per heavy atom. The monoisotopic (exact) mass is 456 g/mol. The molecule has 0 aliphatic carbocycles. The largest absolute Gasteiger partial charge is 0.469 e. The van der Waals surface area contributed by atoms with Gasteiger partial charge in [0.25, 0.3) is 0 Å². The number of halogens is 2. The molecule has 1 aliphatic rings. The molecule has 0 radical (unpaired) electrons. The van der Waals surface area contributed by atoms with Gasteiger partial charge in [-0.15, -0.1) is 0 Å². The van der Waals surface area contributed by atoms with Gasteiger partial charge in [0.2, 0.25) is 10.0 Å². The van der Waals surface area contributed by atoms with Crippen LogP contribution >= 0.6 is 23.2 Å². The zero-order chi connectivity index (χ0) is 21.0. The van der Waals surface area contributed by atoms with Gasteiger partial charge in [-0.1, -0.05) is 29.3 Å². The van der Waals surface area contributed by atoms with Gasteiger partial charge in [0, 0.05) is 25.3 Å². The highest BCUT2D eigenvalue weighted by Crippen LogP contribution is 2.26. The topological polar surface area (TPSA) is 75.7 Å². The van der Waals surface area contributed by atoms with E-state index in [1.807, 2.05) is 6.07 Å². The highest BCUT2D eigenvalue weighted by atomic mass is 35.5. The number of benzene rings is 2. The average molecular weight is 457 g/mol. The number of rotatable bonds is 6. The van der Waals surface area contributed by atoms with Crippen molar-refractivity contribution in [3.8, 4) is 0 Å². The highest BCUT2D eigenvalue weighted by molar-refractivity contribution is 7.89. The van der Waals surface area contributed by atoms with Crippen LogP contribution in [0.5, 0.6) is 0 Å². The molecule has 1 aliphatic heterocycles. The van der Waals surface area contributed by atoms with Gasteiger partial charge in [-0.2, -0.15) is 4.31 Å². The quantitative estimate of drug-likeness (QED) is 0.659. The summed E-state index contributed by atoms with van der Waals surface area (Å²) in [5.74, 6) is -0.789. The van der Waals surface area contributed by atoms with E-state index in [2.05, 4.69) is 5.32 Å². The molecule has 3 rings (SSSR count). The van der Waals surface area contributed by atoms with E-state index >= 15 is 0 Å². The third-order valence-corrected chi connectivity index (χ3v) is 7.51. The molecule has 1 N–H and O–H groups in total. The van der Waals surface area contributed by atoms with Crippen molar-refractivity contribution >= 4 is 44.9 Å². The SMILES string of the molecule is COC(=O)[C@H]1CCCN(S(=O)(=O)c2ccc(NCc3ccc(Cl)c(Cl)c3)cc2)C1. The molecule has 2 aromatic carbocycles. The molecule has 0 aromatic heterocycles. The lowest BCUT2D eigenvalue weighted by Crippen LogP contribution is -2.42. The lowest BCUT2D eigenvalue weighted by atomic mass is 10.0. The summed E-state index contributed by atoms with van der Waals surface area (Å²) in [6, 6.07) is 11.9. The molecule has 29 heavy (non-hydrogen) atoms. The fourth-order valence-corrected chi connectivity index (χ4v) is 5.11. The molecule has 0 amide bonds. The molecule has 1 fully saturated rings. The number of nitrogens with one attached hydrogen (secondary N) is 1. The van der Waals surface area contributed by atoms with Crippen molar-refractivity contribution in [3.63, 3.8) is 0 Å². The number of esters is 1. The van der Waals surface area contributed by atoms with Crippen LogP contribution in [0.15, 0.2) is 47.4 Å². The van der Waals surface area contributed by atoms with Gasteiger partial charge in [0.1, 0.15) is 0 Å². The first-order valence-corrected chi connectivity index (χ1v) is 11.4. The third kappa shape index (κ3) is 5.22. The average Bonchev–Trinajstić information content (AvgIpc) is 2.74. The van der Waals surface area contributed by atoms with Crippen molar-refractivity contribution in [3.05, 3.63) is 58.1 Å². The zero-order valence-corrected chi connectivity index (χ0v) is 18.2. The Balaban J connectivity index is 1.66. The van der Waals surface area contributed by atoms with Crippen molar-refractivity contribution in [2.45, 2.75) is 24.3 Å². The summed E-state index contributed by atoms with van der Waals surface area (Å²) in [4.78, 5) is 12.0. The van der Waals surface area contributed by atoms with E-state index in [0.29, 0.717) is 36.0 Å². The van der Waals surface area contributed by atoms with Gasteiger partial charge in [-0.3, -0.25) is 4.79 Å². The minimum atomic E-state index is -3.67. The van der Waals surface area contributed by atoms with Crippen molar-refractivity contribution in [1.82, 2.24) is 4.31 Å². The normalized spacial score (nSPS) is 17.7. The number of carbonyl (C=O) groups excluding carboxylic acids is 1. The van der Waals surface area contributed by atoms with Gasteiger partial charge >= 0.3 is 5.97 Å². The first kappa shape index (κ1) is 21.9. The van der Waals surface area contributed by atoms with Crippen LogP contribution in [0.1, 0.15) is 18.4 Å². The highest BCUT2D eigenvalue weighted by Gasteiger charge is 2.33. The molecule has 9 heteroatoms. The molecule has 0 saturated carbocycles. The van der Waals surface area contributed by atoms with Gasteiger partial charge in [0.15, 0.2) is 0 Å². The Morgan fingerprint density at radius 1 is 1.17 bits per heavy atom. The summed E-state index contributed by atoms with van der Waals surface area (Å²) in [7, 11) is -2.35. The summed E-state index contributed by atoms with van der Waals surface area (Å²) >= 11 is 11.9. The van der Waals surface area contributed by atoms with Gasteiger partial charge in [-0.05, 0) is 54.8 Å². The van der Waals surface area contributed by atoms with Crippen LogP contribution in [0, 0.1) is 5.92 Å². The second-order valence-electron chi connectivity index (χ2n) is 6.85. The number of nitrogens with zero attached hydrogens (tertiary/aromatic N) is 1. The van der Waals surface area contributed by atoms with Crippen molar-refractivity contribution < 1.29 is 17.9 Å². The van der Waals surface area contributed by atoms with E-state index in [4.69, 9.17) is 27.9 Å². The molecule has 2 aromatic rings. The minimum absolute atomic E-state index is 0.145. The lowest BCUT2D eigenvalue weighted by Gasteiger charge is -2.30. The van der Waals surface area contributed by atoms with Crippen molar-refractivity contribution in [1.29, 1.82) is 0 Å². The van der Waals surface area contributed by atoms with Crippen LogP contribution in [0.4, 0.5) is 5.69 Å². The molecular formula is C20H22Cl2N2O4S. The van der Waals surface area contributed by atoms with Crippen LogP contribution in [-0.4, -0.2) is 38.9 Å². The summed E-state index contributed by atoms with van der Waals surface area (Å²) in [6.07, 6.45) is 1.26. The maximum absolute atomic E-state index is 12.9. The predicted octanol–water partition coefficient (Wildman–Crippen LogP) is 4.18. The first-order chi connectivity index (χ1) is 13.8. The third-order valence-electron chi connectivity index (χ3n) is 4.89. The number of ether oxygens (including phenoxy) is 1. The minimum Gasteiger partial charge on any atom is -0.469 e. The van der Waals surface area contributed by atoms with Gasteiger partial charge < -0.3 is 10.1 Å². The fourth-order valence-electron chi connectivity index (χ4n) is 3.27. The fraction of sp³-hybridized carbons (Fsp3) is 0.350. The number of hydrogen-bond acceptors (Lipinski definition) is 5. The summed E-state index contributed by atoms with van der Waals surface area (Å²) in [5.41, 5.74) is 1.74. The van der Waals surface area contributed by atoms with Crippen molar-refractivity contribution in [2.75, 3.05) is 25.5 Å². The van der Waals surface area contributed by atoms with E-state index in [9.17, 15) is 13.2 Å². The lowest BCUT2D eigenvalue weighted by molar-refractivity contribution is -0.146. The Kier molecular flexibility index (Phi) is 7.05. The molecule has 1 saturated heterocycles. The molecule has 6 nitrogen and oxygen atoms in total. The van der Waals surface area contributed by atoms with Crippen LogP contribution in [0.2, 0.25) is 10.0 Å². The zero-order valence-electron chi connectivity index (χ0n) is 15.9. The standard InChI is InChI=1S/C20H22Cl2N2O4S/c1-28-20(25)15-3-2-10-24(13-15)29(26,27)17-7-5-16(6-8-17)23-12-14-4-9-18(21)19(22)11-14/h4-9,11,15,23H,2-3,10,12-13H2,1H3/t15-/m0/s1. The number of carbonyl (C=O) groups is 1. The first-order valence-electron chi connectivity index (χ1n) is 9.17.